The normalized spacial score (nSPS) is 12.0. The third kappa shape index (κ3) is 4.45. The molecule has 0 fully saturated rings. The number of benzene rings is 2. The molecule has 110 valence electrons. The molecular weight excluding hydrogens is 258 g/mol. The van der Waals surface area contributed by atoms with Crippen LogP contribution in [0.4, 0.5) is 0 Å². The zero-order valence-corrected chi connectivity index (χ0v) is 13.0. The first-order chi connectivity index (χ1) is 10.1. The van der Waals surface area contributed by atoms with Gasteiger partial charge in [0.05, 0.1) is 6.42 Å². The highest BCUT2D eigenvalue weighted by atomic mass is 16.1. The highest BCUT2D eigenvalue weighted by molar-refractivity contribution is 5.79. The number of aryl methyl sites for hydroxylation is 2. The van der Waals surface area contributed by atoms with E-state index in [9.17, 15) is 4.79 Å². The zero-order chi connectivity index (χ0) is 15.2. The Bertz CT molecular complexity index is 604. The monoisotopic (exact) mass is 281 g/mol. The first-order valence-corrected chi connectivity index (χ1v) is 7.44. The number of rotatable bonds is 5. The smallest absolute Gasteiger partial charge is 0.224 e. The molecule has 0 unspecified atom stereocenters. The molecule has 0 bridgehead atoms. The summed E-state index contributed by atoms with van der Waals surface area (Å²) in [7, 11) is 0. The first-order valence-electron chi connectivity index (χ1n) is 7.44. The van der Waals surface area contributed by atoms with Crippen molar-refractivity contribution in [3.63, 3.8) is 0 Å². The third-order valence-electron chi connectivity index (χ3n) is 3.83. The van der Waals surface area contributed by atoms with Crippen molar-refractivity contribution in [2.45, 2.75) is 33.1 Å². The van der Waals surface area contributed by atoms with Gasteiger partial charge in [-0.3, -0.25) is 4.79 Å². The minimum Gasteiger partial charge on any atom is -0.355 e. The lowest BCUT2D eigenvalue weighted by Gasteiger charge is -2.13. The molecule has 0 aliphatic heterocycles. The Morgan fingerprint density at radius 2 is 1.81 bits per heavy atom. The Kier molecular flexibility index (Phi) is 5.15. The molecule has 0 saturated carbocycles. The van der Waals surface area contributed by atoms with Crippen LogP contribution in [-0.2, 0) is 11.2 Å². The number of carbonyl (C=O) groups is 1. The molecule has 21 heavy (non-hydrogen) atoms. The van der Waals surface area contributed by atoms with E-state index < -0.39 is 0 Å². The molecule has 0 aliphatic carbocycles. The van der Waals surface area contributed by atoms with Crippen LogP contribution in [0.5, 0.6) is 0 Å². The van der Waals surface area contributed by atoms with Crippen molar-refractivity contribution in [1.29, 1.82) is 0 Å². The van der Waals surface area contributed by atoms with Crippen LogP contribution in [0, 0.1) is 13.8 Å². The maximum absolute atomic E-state index is 12.1. The van der Waals surface area contributed by atoms with Gasteiger partial charge in [-0.25, -0.2) is 0 Å². The van der Waals surface area contributed by atoms with E-state index in [-0.39, 0.29) is 5.91 Å². The quantitative estimate of drug-likeness (QED) is 0.888. The lowest BCUT2D eigenvalue weighted by atomic mass is 10.0. The Hall–Kier alpha value is -2.09. The van der Waals surface area contributed by atoms with Crippen molar-refractivity contribution >= 4 is 5.91 Å². The van der Waals surface area contributed by atoms with Crippen LogP contribution >= 0.6 is 0 Å². The molecule has 1 N–H and O–H groups in total. The van der Waals surface area contributed by atoms with E-state index in [0.29, 0.717) is 18.9 Å². The molecule has 1 atom stereocenters. The summed E-state index contributed by atoms with van der Waals surface area (Å²) < 4.78 is 0. The summed E-state index contributed by atoms with van der Waals surface area (Å²) in [6, 6.07) is 16.5. The predicted octanol–water partition coefficient (Wildman–Crippen LogP) is 3.77. The summed E-state index contributed by atoms with van der Waals surface area (Å²) in [5.74, 6) is 0.417. The molecule has 1 amide bonds. The molecule has 0 aromatic heterocycles. The van der Waals surface area contributed by atoms with Crippen LogP contribution in [0.25, 0.3) is 0 Å². The van der Waals surface area contributed by atoms with Crippen LogP contribution < -0.4 is 5.32 Å². The highest BCUT2D eigenvalue weighted by Gasteiger charge is 2.09. The third-order valence-corrected chi connectivity index (χ3v) is 3.83. The van der Waals surface area contributed by atoms with Crippen molar-refractivity contribution in [3.8, 4) is 0 Å². The van der Waals surface area contributed by atoms with Crippen LogP contribution in [0.1, 0.15) is 35.1 Å². The maximum atomic E-state index is 12.1. The minimum atomic E-state index is 0.0893. The summed E-state index contributed by atoms with van der Waals surface area (Å²) in [6.07, 6.45) is 0.453. The average Bonchev–Trinajstić information content (AvgIpc) is 2.49. The lowest BCUT2D eigenvalue weighted by molar-refractivity contribution is -0.120. The van der Waals surface area contributed by atoms with E-state index in [0.717, 1.165) is 5.56 Å². The van der Waals surface area contributed by atoms with E-state index in [4.69, 9.17) is 0 Å². The molecule has 0 radical (unpaired) electrons. The fraction of sp³-hybridized carbons (Fsp3) is 0.316. The van der Waals surface area contributed by atoms with Gasteiger partial charge in [0, 0.05) is 6.54 Å². The molecule has 2 aromatic rings. The molecule has 0 aliphatic rings. The average molecular weight is 281 g/mol. The second-order valence-corrected chi connectivity index (χ2v) is 5.72. The summed E-state index contributed by atoms with van der Waals surface area (Å²) in [6.45, 7) is 6.91. The second kappa shape index (κ2) is 7.07. The number of hydrogen-bond donors (Lipinski definition) is 1. The van der Waals surface area contributed by atoms with Gasteiger partial charge < -0.3 is 5.32 Å². The summed E-state index contributed by atoms with van der Waals surface area (Å²) in [4.78, 5) is 12.1. The number of hydrogen-bond acceptors (Lipinski definition) is 1. The second-order valence-electron chi connectivity index (χ2n) is 5.72. The first kappa shape index (κ1) is 15.3. The van der Waals surface area contributed by atoms with Gasteiger partial charge in [0.2, 0.25) is 5.91 Å². The molecule has 2 rings (SSSR count). The molecule has 0 spiro atoms. The summed E-state index contributed by atoms with van der Waals surface area (Å²) in [5.41, 5.74) is 4.73. The summed E-state index contributed by atoms with van der Waals surface area (Å²) in [5, 5.41) is 3.04. The van der Waals surface area contributed by atoms with Gasteiger partial charge in [-0.05, 0) is 36.5 Å². The Morgan fingerprint density at radius 1 is 1.10 bits per heavy atom. The van der Waals surface area contributed by atoms with E-state index in [1.54, 1.807) is 0 Å². The van der Waals surface area contributed by atoms with Gasteiger partial charge in [-0.15, -0.1) is 0 Å². The number of carbonyl (C=O) groups excluding carboxylic acids is 1. The summed E-state index contributed by atoms with van der Waals surface area (Å²) >= 11 is 0. The van der Waals surface area contributed by atoms with Crippen molar-refractivity contribution in [3.05, 3.63) is 70.8 Å². The van der Waals surface area contributed by atoms with Crippen molar-refractivity contribution in [2.24, 2.45) is 0 Å². The molecular formula is C19H23NO. The molecule has 2 nitrogen and oxygen atoms in total. The van der Waals surface area contributed by atoms with Gasteiger partial charge >= 0.3 is 0 Å². The van der Waals surface area contributed by atoms with Crippen LogP contribution in [0.2, 0.25) is 0 Å². The molecule has 0 saturated heterocycles. The van der Waals surface area contributed by atoms with Crippen LogP contribution in [-0.4, -0.2) is 12.5 Å². The maximum Gasteiger partial charge on any atom is 0.224 e. The van der Waals surface area contributed by atoms with Crippen molar-refractivity contribution in [1.82, 2.24) is 5.32 Å². The predicted molar refractivity (Wildman–Crippen MR) is 87.5 cm³/mol. The van der Waals surface area contributed by atoms with E-state index in [1.165, 1.54) is 16.7 Å². The molecule has 0 heterocycles. The van der Waals surface area contributed by atoms with Crippen molar-refractivity contribution in [2.75, 3.05) is 6.54 Å². The minimum absolute atomic E-state index is 0.0893. The van der Waals surface area contributed by atoms with E-state index >= 15 is 0 Å². The van der Waals surface area contributed by atoms with Gasteiger partial charge in [0.15, 0.2) is 0 Å². The van der Waals surface area contributed by atoms with E-state index in [2.05, 4.69) is 56.4 Å². The highest BCUT2D eigenvalue weighted by Crippen LogP contribution is 2.14. The Morgan fingerprint density at radius 3 is 2.52 bits per heavy atom. The lowest BCUT2D eigenvalue weighted by Crippen LogP contribution is -2.29. The van der Waals surface area contributed by atoms with Crippen molar-refractivity contribution < 1.29 is 4.79 Å². The van der Waals surface area contributed by atoms with Crippen LogP contribution in [0.3, 0.4) is 0 Å². The van der Waals surface area contributed by atoms with Gasteiger partial charge in [-0.1, -0.05) is 61.0 Å². The SMILES string of the molecule is Cc1ccc(C)c(CC(=O)NC[C@@H](C)c2ccccc2)c1. The molecule has 2 aromatic carbocycles. The fourth-order valence-electron chi connectivity index (χ4n) is 2.39. The van der Waals surface area contributed by atoms with E-state index in [1.807, 2.05) is 18.2 Å². The number of nitrogens with one attached hydrogen (secondary N) is 1. The zero-order valence-electron chi connectivity index (χ0n) is 13.0. The fourth-order valence-corrected chi connectivity index (χ4v) is 2.39. The van der Waals surface area contributed by atoms with Gasteiger partial charge in [-0.2, -0.15) is 0 Å². The Labute approximate surface area is 127 Å². The number of amides is 1. The topological polar surface area (TPSA) is 29.1 Å². The van der Waals surface area contributed by atoms with Gasteiger partial charge in [0.1, 0.15) is 0 Å². The Balaban J connectivity index is 1.89. The standard InChI is InChI=1S/C19H23NO/c1-14-9-10-15(2)18(11-14)12-19(21)20-13-16(3)17-7-5-4-6-8-17/h4-11,16H,12-13H2,1-3H3,(H,20,21)/t16-/m1/s1. The largest absolute Gasteiger partial charge is 0.355 e. The van der Waals surface area contributed by atoms with Crippen LogP contribution in [0.15, 0.2) is 48.5 Å². The molecule has 2 heteroatoms. The van der Waals surface area contributed by atoms with Gasteiger partial charge in [0.25, 0.3) is 0 Å².